The number of aliphatic carboxylic acids is 1. The van der Waals surface area contributed by atoms with E-state index in [1.54, 1.807) is 12.1 Å². The fourth-order valence-electron chi connectivity index (χ4n) is 2.11. The molecule has 0 unspecified atom stereocenters. The predicted octanol–water partition coefficient (Wildman–Crippen LogP) is 3.69. The molecule has 0 fully saturated rings. The molecule has 0 aromatic heterocycles. The Kier molecular flexibility index (Phi) is 5.25. The van der Waals surface area contributed by atoms with Crippen molar-refractivity contribution in [3.8, 4) is 0 Å². The van der Waals surface area contributed by atoms with Crippen LogP contribution in [0.3, 0.4) is 0 Å². The van der Waals surface area contributed by atoms with Crippen LogP contribution in [0.25, 0.3) is 0 Å². The number of nitro benzene ring substituents is 1. The molecule has 1 aromatic carbocycles. The third kappa shape index (κ3) is 3.56. The van der Waals surface area contributed by atoms with Crippen LogP contribution in [0, 0.1) is 10.1 Å². The second-order valence-corrected chi connectivity index (χ2v) is 5.50. The van der Waals surface area contributed by atoms with Gasteiger partial charge in [-0.15, -0.1) is 0 Å². The maximum absolute atomic E-state index is 11.3. The van der Waals surface area contributed by atoms with Crippen molar-refractivity contribution < 1.29 is 14.8 Å². The minimum Gasteiger partial charge on any atom is -0.481 e. The van der Waals surface area contributed by atoms with Gasteiger partial charge in [0.1, 0.15) is 0 Å². The van der Waals surface area contributed by atoms with E-state index in [0.717, 1.165) is 31.2 Å². The van der Waals surface area contributed by atoms with Crippen LogP contribution in [-0.2, 0) is 16.6 Å². The molecule has 0 amide bonds. The highest BCUT2D eigenvalue weighted by molar-refractivity contribution is 5.82. The lowest BCUT2D eigenvalue weighted by atomic mass is 9.83. The van der Waals surface area contributed by atoms with Crippen molar-refractivity contribution in [2.75, 3.05) is 0 Å². The third-order valence-corrected chi connectivity index (χ3v) is 3.54. The molecule has 0 bridgehead atoms. The Morgan fingerprint density at radius 3 is 2.50 bits per heavy atom. The van der Waals surface area contributed by atoms with Gasteiger partial charge in [0.05, 0.1) is 10.3 Å². The van der Waals surface area contributed by atoms with Crippen molar-refractivity contribution in [3.05, 3.63) is 39.4 Å². The lowest BCUT2D eigenvalue weighted by Crippen LogP contribution is -2.29. The monoisotopic (exact) mass is 279 g/mol. The van der Waals surface area contributed by atoms with Crippen LogP contribution < -0.4 is 0 Å². The molecule has 0 aliphatic rings. The number of carboxylic acid groups (broad SMARTS) is 1. The SMILES string of the molecule is CCCCCc1ccc(C(C)(C)C(=O)O)c([N+](=O)[O-])c1. The zero-order valence-corrected chi connectivity index (χ0v) is 12.2. The molecule has 1 rings (SSSR count). The molecule has 5 heteroatoms. The van der Waals surface area contributed by atoms with Crippen LogP contribution in [0.5, 0.6) is 0 Å². The molecule has 0 heterocycles. The molecule has 0 radical (unpaired) electrons. The highest BCUT2D eigenvalue weighted by atomic mass is 16.6. The van der Waals surface area contributed by atoms with Gasteiger partial charge in [0.2, 0.25) is 0 Å². The van der Waals surface area contributed by atoms with Gasteiger partial charge in [-0.1, -0.05) is 31.9 Å². The number of aryl methyl sites for hydroxylation is 1. The van der Waals surface area contributed by atoms with Crippen LogP contribution in [0.1, 0.15) is 51.2 Å². The average Bonchev–Trinajstić information content (AvgIpc) is 2.38. The van der Waals surface area contributed by atoms with Gasteiger partial charge in [-0.25, -0.2) is 0 Å². The topological polar surface area (TPSA) is 80.4 Å². The lowest BCUT2D eigenvalue weighted by molar-refractivity contribution is -0.386. The van der Waals surface area contributed by atoms with E-state index in [-0.39, 0.29) is 11.3 Å². The Hall–Kier alpha value is -1.91. The Balaban J connectivity index is 3.15. The highest BCUT2D eigenvalue weighted by Gasteiger charge is 2.35. The quantitative estimate of drug-likeness (QED) is 0.469. The van der Waals surface area contributed by atoms with E-state index in [0.29, 0.717) is 0 Å². The zero-order valence-electron chi connectivity index (χ0n) is 12.2. The molecule has 110 valence electrons. The van der Waals surface area contributed by atoms with Crippen molar-refractivity contribution in [1.29, 1.82) is 0 Å². The standard InChI is InChI=1S/C15H21NO4/c1-4-5-6-7-11-8-9-12(13(10-11)16(19)20)15(2,3)14(17)18/h8-10H,4-7H2,1-3H3,(H,17,18). The molecule has 5 nitrogen and oxygen atoms in total. The second kappa shape index (κ2) is 6.50. The Morgan fingerprint density at radius 2 is 2.00 bits per heavy atom. The third-order valence-electron chi connectivity index (χ3n) is 3.54. The van der Waals surface area contributed by atoms with Crippen LogP contribution >= 0.6 is 0 Å². The second-order valence-electron chi connectivity index (χ2n) is 5.50. The van der Waals surface area contributed by atoms with Crippen molar-refractivity contribution in [1.82, 2.24) is 0 Å². The first-order valence-corrected chi connectivity index (χ1v) is 6.82. The molecular formula is C15H21NO4. The van der Waals surface area contributed by atoms with Crippen LogP contribution in [0.15, 0.2) is 18.2 Å². The number of unbranched alkanes of at least 4 members (excludes halogenated alkanes) is 2. The Labute approximate surface area is 118 Å². The van der Waals surface area contributed by atoms with Gasteiger partial charge in [-0.2, -0.15) is 0 Å². The molecule has 1 N–H and O–H groups in total. The first-order chi connectivity index (χ1) is 9.30. The number of rotatable bonds is 7. The maximum Gasteiger partial charge on any atom is 0.313 e. The average molecular weight is 279 g/mol. The number of nitrogens with zero attached hydrogens (tertiary/aromatic N) is 1. The van der Waals surface area contributed by atoms with Crippen molar-refractivity contribution in [3.63, 3.8) is 0 Å². The van der Waals surface area contributed by atoms with E-state index in [4.69, 9.17) is 0 Å². The minimum atomic E-state index is -1.27. The fourth-order valence-corrected chi connectivity index (χ4v) is 2.11. The zero-order chi connectivity index (χ0) is 15.3. The van der Waals surface area contributed by atoms with Crippen LogP contribution in [-0.4, -0.2) is 16.0 Å². The van der Waals surface area contributed by atoms with E-state index in [9.17, 15) is 20.0 Å². The maximum atomic E-state index is 11.3. The molecule has 0 spiro atoms. The summed E-state index contributed by atoms with van der Waals surface area (Å²) in [7, 11) is 0. The molecule has 20 heavy (non-hydrogen) atoms. The lowest BCUT2D eigenvalue weighted by Gasteiger charge is -2.19. The summed E-state index contributed by atoms with van der Waals surface area (Å²) >= 11 is 0. The van der Waals surface area contributed by atoms with Gasteiger partial charge < -0.3 is 5.11 Å². The summed E-state index contributed by atoms with van der Waals surface area (Å²) in [5.41, 5.74) is -0.250. The van der Waals surface area contributed by atoms with Crippen molar-refractivity contribution in [2.24, 2.45) is 0 Å². The largest absolute Gasteiger partial charge is 0.481 e. The molecule has 0 atom stereocenters. The molecular weight excluding hydrogens is 258 g/mol. The number of benzene rings is 1. The van der Waals surface area contributed by atoms with Crippen molar-refractivity contribution in [2.45, 2.75) is 51.9 Å². The summed E-state index contributed by atoms with van der Waals surface area (Å²) in [6.45, 7) is 5.06. The molecule has 0 saturated carbocycles. The summed E-state index contributed by atoms with van der Waals surface area (Å²) in [5.74, 6) is -1.07. The normalized spacial score (nSPS) is 11.3. The molecule has 1 aromatic rings. The smallest absolute Gasteiger partial charge is 0.313 e. The van der Waals surface area contributed by atoms with E-state index in [1.165, 1.54) is 19.9 Å². The van der Waals surface area contributed by atoms with Gasteiger partial charge in [0, 0.05) is 11.6 Å². The first kappa shape index (κ1) is 16.1. The summed E-state index contributed by atoms with van der Waals surface area (Å²) < 4.78 is 0. The Morgan fingerprint density at radius 1 is 1.35 bits per heavy atom. The van der Waals surface area contributed by atoms with E-state index >= 15 is 0 Å². The number of carbonyl (C=O) groups is 1. The summed E-state index contributed by atoms with van der Waals surface area (Å²) in [4.78, 5) is 22.0. The summed E-state index contributed by atoms with van der Waals surface area (Å²) in [5, 5.41) is 20.4. The minimum absolute atomic E-state index is 0.105. The van der Waals surface area contributed by atoms with Gasteiger partial charge >= 0.3 is 5.97 Å². The molecule has 0 aliphatic carbocycles. The van der Waals surface area contributed by atoms with Gasteiger partial charge in [-0.3, -0.25) is 14.9 Å². The summed E-state index contributed by atoms with van der Waals surface area (Å²) in [6, 6.07) is 4.88. The highest BCUT2D eigenvalue weighted by Crippen LogP contribution is 2.32. The number of hydrogen-bond acceptors (Lipinski definition) is 3. The van der Waals surface area contributed by atoms with Gasteiger partial charge in [-0.05, 0) is 32.3 Å². The van der Waals surface area contributed by atoms with Crippen LogP contribution in [0.4, 0.5) is 5.69 Å². The summed E-state index contributed by atoms with van der Waals surface area (Å²) in [6.07, 6.45) is 3.93. The van der Waals surface area contributed by atoms with E-state index in [2.05, 4.69) is 6.92 Å². The first-order valence-electron chi connectivity index (χ1n) is 6.82. The number of nitro groups is 1. The van der Waals surface area contributed by atoms with E-state index < -0.39 is 16.3 Å². The van der Waals surface area contributed by atoms with Crippen LogP contribution in [0.2, 0.25) is 0 Å². The van der Waals surface area contributed by atoms with E-state index in [1.807, 2.05) is 0 Å². The number of carboxylic acids is 1. The van der Waals surface area contributed by atoms with Crippen molar-refractivity contribution >= 4 is 11.7 Å². The fraction of sp³-hybridized carbons (Fsp3) is 0.533. The molecule has 0 aliphatic heterocycles. The predicted molar refractivity (Wildman–Crippen MR) is 77.0 cm³/mol. The molecule has 0 saturated heterocycles. The van der Waals surface area contributed by atoms with Gasteiger partial charge in [0.15, 0.2) is 0 Å². The Bertz CT molecular complexity index is 509. The van der Waals surface area contributed by atoms with Gasteiger partial charge in [0.25, 0.3) is 5.69 Å². The number of hydrogen-bond donors (Lipinski definition) is 1.